The Morgan fingerprint density at radius 2 is 2.22 bits per heavy atom. The van der Waals surface area contributed by atoms with Crippen LogP contribution in [0.5, 0.6) is 0 Å². The van der Waals surface area contributed by atoms with Gasteiger partial charge in [0.1, 0.15) is 0 Å². The molecule has 0 radical (unpaired) electrons. The van der Waals surface area contributed by atoms with E-state index in [1.54, 1.807) is 13.0 Å². The highest BCUT2D eigenvalue weighted by molar-refractivity contribution is 5.95. The SMILES string of the molecule is COCC(CO)Nc1cc(C)c(N)c(C(=O)O)c1. The van der Waals surface area contributed by atoms with Crippen molar-refractivity contribution in [2.24, 2.45) is 0 Å². The highest BCUT2D eigenvalue weighted by Crippen LogP contribution is 2.23. The van der Waals surface area contributed by atoms with Gasteiger partial charge in [-0.05, 0) is 24.6 Å². The normalized spacial score (nSPS) is 12.2. The lowest BCUT2D eigenvalue weighted by atomic mass is 10.1. The molecule has 0 aliphatic rings. The van der Waals surface area contributed by atoms with Crippen molar-refractivity contribution >= 4 is 17.3 Å². The Labute approximate surface area is 105 Å². The number of aromatic carboxylic acids is 1. The molecule has 0 heterocycles. The third kappa shape index (κ3) is 3.35. The smallest absolute Gasteiger partial charge is 0.337 e. The fourth-order valence-electron chi connectivity index (χ4n) is 1.64. The van der Waals surface area contributed by atoms with Crippen molar-refractivity contribution in [1.29, 1.82) is 0 Å². The van der Waals surface area contributed by atoms with Crippen molar-refractivity contribution in [3.05, 3.63) is 23.3 Å². The molecule has 5 N–H and O–H groups in total. The minimum absolute atomic E-state index is 0.0478. The van der Waals surface area contributed by atoms with Gasteiger partial charge in [-0.25, -0.2) is 4.79 Å². The molecule has 1 unspecified atom stereocenters. The minimum Gasteiger partial charge on any atom is -0.478 e. The molecule has 0 amide bonds. The number of rotatable bonds is 6. The summed E-state index contributed by atoms with van der Waals surface area (Å²) in [5.74, 6) is -1.08. The molecule has 0 spiro atoms. The van der Waals surface area contributed by atoms with Crippen molar-refractivity contribution in [2.75, 3.05) is 31.4 Å². The molecular weight excluding hydrogens is 236 g/mol. The molecule has 0 saturated carbocycles. The summed E-state index contributed by atoms with van der Waals surface area (Å²) in [6, 6.07) is 2.89. The van der Waals surface area contributed by atoms with E-state index >= 15 is 0 Å². The number of carbonyl (C=O) groups is 1. The molecule has 0 aliphatic heterocycles. The molecule has 1 aromatic carbocycles. The van der Waals surface area contributed by atoms with Gasteiger partial charge in [-0.15, -0.1) is 0 Å². The first-order chi connectivity index (χ1) is 8.49. The molecule has 0 bridgehead atoms. The first-order valence-corrected chi connectivity index (χ1v) is 5.49. The maximum atomic E-state index is 11.0. The summed E-state index contributed by atoms with van der Waals surface area (Å²) in [6.45, 7) is 1.94. The molecule has 0 fully saturated rings. The summed E-state index contributed by atoms with van der Waals surface area (Å²) >= 11 is 0. The van der Waals surface area contributed by atoms with Gasteiger partial charge in [0.15, 0.2) is 0 Å². The number of nitrogens with two attached hydrogens (primary N) is 1. The van der Waals surface area contributed by atoms with E-state index in [9.17, 15) is 4.79 Å². The molecular formula is C12H18N2O4. The van der Waals surface area contributed by atoms with Crippen LogP contribution in [0.1, 0.15) is 15.9 Å². The Morgan fingerprint density at radius 1 is 1.56 bits per heavy atom. The predicted molar refractivity (Wildman–Crippen MR) is 68.9 cm³/mol. The van der Waals surface area contributed by atoms with Crippen LogP contribution < -0.4 is 11.1 Å². The Balaban J connectivity index is 2.99. The van der Waals surface area contributed by atoms with Crippen molar-refractivity contribution in [2.45, 2.75) is 13.0 Å². The van der Waals surface area contributed by atoms with E-state index in [1.165, 1.54) is 13.2 Å². The van der Waals surface area contributed by atoms with Gasteiger partial charge >= 0.3 is 5.97 Å². The fourth-order valence-corrected chi connectivity index (χ4v) is 1.64. The van der Waals surface area contributed by atoms with Crippen LogP contribution >= 0.6 is 0 Å². The number of methoxy groups -OCH3 is 1. The summed E-state index contributed by atoms with van der Waals surface area (Å²) in [7, 11) is 1.53. The number of anilines is 2. The zero-order chi connectivity index (χ0) is 13.7. The zero-order valence-electron chi connectivity index (χ0n) is 10.4. The molecule has 6 heteroatoms. The molecule has 1 aromatic rings. The van der Waals surface area contributed by atoms with Crippen LogP contribution in [0.3, 0.4) is 0 Å². The summed E-state index contributed by atoms with van der Waals surface area (Å²) in [6.07, 6.45) is 0. The third-order valence-corrected chi connectivity index (χ3v) is 2.58. The first kappa shape index (κ1) is 14.3. The minimum atomic E-state index is -1.08. The monoisotopic (exact) mass is 254 g/mol. The van der Waals surface area contributed by atoms with Crippen molar-refractivity contribution in [1.82, 2.24) is 0 Å². The van der Waals surface area contributed by atoms with Gasteiger partial charge in [-0.2, -0.15) is 0 Å². The number of carboxylic acids is 1. The van der Waals surface area contributed by atoms with Crippen molar-refractivity contribution < 1.29 is 19.7 Å². The number of ether oxygens (including phenoxy) is 1. The van der Waals surface area contributed by atoms with E-state index in [4.69, 9.17) is 20.7 Å². The van der Waals surface area contributed by atoms with Gasteiger partial charge in [-0.1, -0.05) is 0 Å². The summed E-state index contributed by atoms with van der Waals surface area (Å²) in [4.78, 5) is 11.0. The van der Waals surface area contributed by atoms with Gasteiger partial charge in [-0.3, -0.25) is 0 Å². The topological polar surface area (TPSA) is 105 Å². The van der Waals surface area contributed by atoms with Crippen LogP contribution in [0.25, 0.3) is 0 Å². The van der Waals surface area contributed by atoms with Gasteiger partial charge in [0.2, 0.25) is 0 Å². The maximum Gasteiger partial charge on any atom is 0.337 e. The quantitative estimate of drug-likeness (QED) is 0.557. The number of aliphatic hydroxyl groups excluding tert-OH is 1. The van der Waals surface area contributed by atoms with Gasteiger partial charge in [0, 0.05) is 18.5 Å². The second-order valence-electron chi connectivity index (χ2n) is 4.04. The Bertz CT molecular complexity index is 434. The molecule has 0 saturated heterocycles. The summed E-state index contributed by atoms with van der Waals surface area (Å²) in [5.41, 5.74) is 7.26. The fraction of sp³-hybridized carbons (Fsp3) is 0.417. The third-order valence-electron chi connectivity index (χ3n) is 2.58. The molecule has 0 aliphatic carbocycles. The summed E-state index contributed by atoms with van der Waals surface area (Å²) < 4.78 is 4.94. The van der Waals surface area contributed by atoms with Crippen molar-refractivity contribution in [3.63, 3.8) is 0 Å². The predicted octanol–water partition coefficient (Wildman–Crippen LogP) is 0.695. The van der Waals surface area contributed by atoms with E-state index in [1.807, 2.05) is 0 Å². The molecule has 1 rings (SSSR count). The number of hydrogen-bond donors (Lipinski definition) is 4. The first-order valence-electron chi connectivity index (χ1n) is 5.49. The molecule has 1 atom stereocenters. The zero-order valence-corrected chi connectivity index (χ0v) is 10.4. The standard InChI is InChI=1S/C12H18N2O4/c1-7-3-8(14-9(5-15)6-18-2)4-10(11(7)13)12(16)17/h3-4,9,14-15H,5-6,13H2,1-2H3,(H,16,17). The number of carboxylic acid groups (broad SMARTS) is 1. The summed E-state index contributed by atoms with van der Waals surface area (Å²) in [5, 5.41) is 21.2. The van der Waals surface area contributed by atoms with Crippen LogP contribution in [0, 0.1) is 6.92 Å². The Kier molecular flexibility index (Phi) is 4.94. The van der Waals surface area contributed by atoms with E-state index in [0.29, 0.717) is 17.9 Å². The number of hydrogen-bond acceptors (Lipinski definition) is 5. The van der Waals surface area contributed by atoms with Crippen LogP contribution in [0.4, 0.5) is 11.4 Å². The molecule has 6 nitrogen and oxygen atoms in total. The average molecular weight is 254 g/mol. The Morgan fingerprint density at radius 3 is 2.72 bits per heavy atom. The lowest BCUT2D eigenvalue weighted by Gasteiger charge is -2.18. The largest absolute Gasteiger partial charge is 0.478 e. The van der Waals surface area contributed by atoms with E-state index in [2.05, 4.69) is 5.32 Å². The highest BCUT2D eigenvalue weighted by Gasteiger charge is 2.13. The highest BCUT2D eigenvalue weighted by atomic mass is 16.5. The second-order valence-corrected chi connectivity index (χ2v) is 4.04. The Hall–Kier alpha value is -1.79. The van der Waals surface area contributed by atoms with Gasteiger partial charge in [0.05, 0.1) is 24.8 Å². The van der Waals surface area contributed by atoms with Crippen LogP contribution in [-0.2, 0) is 4.74 Å². The van der Waals surface area contributed by atoms with E-state index in [0.717, 1.165) is 0 Å². The average Bonchev–Trinajstić information content (AvgIpc) is 2.32. The number of nitrogen functional groups attached to an aromatic ring is 1. The van der Waals surface area contributed by atoms with Crippen LogP contribution in [0.15, 0.2) is 12.1 Å². The number of aliphatic hydroxyl groups is 1. The van der Waals surface area contributed by atoms with Crippen LogP contribution in [0.2, 0.25) is 0 Å². The van der Waals surface area contributed by atoms with Crippen LogP contribution in [-0.4, -0.2) is 42.5 Å². The van der Waals surface area contributed by atoms with E-state index in [-0.39, 0.29) is 23.9 Å². The van der Waals surface area contributed by atoms with Crippen molar-refractivity contribution in [3.8, 4) is 0 Å². The van der Waals surface area contributed by atoms with Gasteiger partial charge < -0.3 is 26.0 Å². The number of benzene rings is 1. The lowest BCUT2D eigenvalue weighted by Crippen LogP contribution is -2.28. The second kappa shape index (κ2) is 6.23. The number of aryl methyl sites for hydroxylation is 1. The van der Waals surface area contributed by atoms with Gasteiger partial charge in [0.25, 0.3) is 0 Å². The maximum absolute atomic E-state index is 11.0. The van der Waals surface area contributed by atoms with E-state index < -0.39 is 5.97 Å². The lowest BCUT2D eigenvalue weighted by molar-refractivity contribution is 0.0698. The molecule has 18 heavy (non-hydrogen) atoms. The number of nitrogens with one attached hydrogen (secondary N) is 1. The molecule has 0 aromatic heterocycles. The molecule has 100 valence electrons.